The van der Waals surface area contributed by atoms with E-state index in [1.54, 1.807) is 0 Å². The number of amides is 1. The molecule has 1 amide bonds. The van der Waals surface area contributed by atoms with E-state index in [4.69, 9.17) is 9.47 Å². The minimum absolute atomic E-state index is 0.0174. The van der Waals surface area contributed by atoms with E-state index in [0.717, 1.165) is 56.2 Å². The Labute approximate surface area is 184 Å². The summed E-state index contributed by atoms with van der Waals surface area (Å²) in [5.41, 5.74) is 3.42. The average Bonchev–Trinajstić information content (AvgIpc) is 3.31. The number of hydrogen-bond donors (Lipinski definition) is 1. The van der Waals surface area contributed by atoms with Crippen molar-refractivity contribution in [3.8, 4) is 5.75 Å². The molecule has 31 heavy (non-hydrogen) atoms. The number of nitrogens with zero attached hydrogens (tertiary/aromatic N) is 3. The van der Waals surface area contributed by atoms with Crippen LogP contribution in [0.4, 0.5) is 0 Å². The summed E-state index contributed by atoms with van der Waals surface area (Å²) in [6.45, 7) is 7.03. The molecule has 1 N–H and O–H groups in total. The van der Waals surface area contributed by atoms with Gasteiger partial charge in [0.15, 0.2) is 0 Å². The van der Waals surface area contributed by atoms with Gasteiger partial charge in [0.1, 0.15) is 11.9 Å². The van der Waals surface area contributed by atoms with Crippen LogP contribution in [-0.2, 0) is 23.0 Å². The molecule has 2 aromatic rings. The maximum Gasteiger partial charge on any atom is 0.237 e. The second-order valence-electron chi connectivity index (χ2n) is 8.66. The standard InChI is InChI=1S/C24H34N4O3/c1-17-22(18(2)27(3)26-17)9-12-25-24(29)23-15-21(31-20-7-5-4-6-8-20)16-28(23)19-10-13-30-14-11-19/h4-8,19,21,23H,9-16H2,1-3H3,(H,25,29)/t21-,23-/m0/s1. The third-order valence-electron chi connectivity index (χ3n) is 6.64. The molecule has 2 aliphatic rings. The van der Waals surface area contributed by atoms with Crippen LogP contribution >= 0.6 is 0 Å². The van der Waals surface area contributed by atoms with Gasteiger partial charge in [-0.2, -0.15) is 5.10 Å². The van der Waals surface area contributed by atoms with Crippen molar-refractivity contribution in [3.63, 3.8) is 0 Å². The van der Waals surface area contributed by atoms with Crippen LogP contribution in [0.1, 0.15) is 36.2 Å². The second-order valence-corrected chi connectivity index (χ2v) is 8.66. The fourth-order valence-electron chi connectivity index (χ4n) is 4.88. The third-order valence-corrected chi connectivity index (χ3v) is 6.64. The molecule has 0 saturated carbocycles. The normalized spacial score (nSPS) is 22.5. The Morgan fingerprint density at radius 1 is 1.23 bits per heavy atom. The van der Waals surface area contributed by atoms with Crippen LogP contribution in [0.3, 0.4) is 0 Å². The first kappa shape index (κ1) is 21.8. The molecule has 168 valence electrons. The number of aromatic nitrogens is 2. The molecule has 0 aliphatic carbocycles. The summed E-state index contributed by atoms with van der Waals surface area (Å²) in [5, 5.41) is 7.66. The summed E-state index contributed by atoms with van der Waals surface area (Å²) in [7, 11) is 1.96. The van der Waals surface area contributed by atoms with Crippen molar-refractivity contribution in [3.05, 3.63) is 47.3 Å². The Kier molecular flexibility index (Phi) is 6.92. The van der Waals surface area contributed by atoms with E-state index in [2.05, 4.69) is 22.2 Å². The lowest BCUT2D eigenvalue weighted by Crippen LogP contribution is -2.49. The molecule has 0 unspecified atom stereocenters. The third kappa shape index (κ3) is 5.10. The fourth-order valence-corrected chi connectivity index (χ4v) is 4.88. The topological polar surface area (TPSA) is 68.6 Å². The highest BCUT2D eigenvalue weighted by atomic mass is 16.5. The molecule has 0 radical (unpaired) electrons. The van der Waals surface area contributed by atoms with Crippen molar-refractivity contribution in [1.29, 1.82) is 0 Å². The number of para-hydroxylation sites is 1. The molecule has 2 atom stereocenters. The van der Waals surface area contributed by atoms with Crippen LogP contribution in [0, 0.1) is 13.8 Å². The van der Waals surface area contributed by atoms with Gasteiger partial charge in [0.05, 0.1) is 11.7 Å². The van der Waals surface area contributed by atoms with Crippen LogP contribution in [-0.4, -0.2) is 65.1 Å². The van der Waals surface area contributed by atoms with E-state index in [9.17, 15) is 4.79 Å². The van der Waals surface area contributed by atoms with E-state index in [1.807, 2.05) is 49.0 Å². The van der Waals surface area contributed by atoms with Crippen molar-refractivity contribution in [2.75, 3.05) is 26.3 Å². The molecule has 4 rings (SSSR count). The molecule has 0 bridgehead atoms. The van der Waals surface area contributed by atoms with Gasteiger partial charge in [-0.25, -0.2) is 0 Å². The molecule has 0 spiro atoms. The summed E-state index contributed by atoms with van der Waals surface area (Å²) in [5.74, 6) is 0.966. The highest BCUT2D eigenvalue weighted by Crippen LogP contribution is 2.28. The molecule has 7 heteroatoms. The van der Waals surface area contributed by atoms with Crippen LogP contribution in [0.25, 0.3) is 0 Å². The van der Waals surface area contributed by atoms with E-state index >= 15 is 0 Å². The lowest BCUT2D eigenvalue weighted by atomic mass is 10.1. The van der Waals surface area contributed by atoms with Gasteiger partial charge in [-0.15, -0.1) is 0 Å². The molecule has 3 heterocycles. The zero-order valence-electron chi connectivity index (χ0n) is 18.8. The van der Waals surface area contributed by atoms with Gasteiger partial charge >= 0.3 is 0 Å². The van der Waals surface area contributed by atoms with Crippen molar-refractivity contribution in [1.82, 2.24) is 20.0 Å². The van der Waals surface area contributed by atoms with Gasteiger partial charge in [0, 0.05) is 51.5 Å². The van der Waals surface area contributed by atoms with Crippen LogP contribution in [0.15, 0.2) is 30.3 Å². The second kappa shape index (κ2) is 9.83. The number of carbonyl (C=O) groups is 1. The Morgan fingerprint density at radius 3 is 2.65 bits per heavy atom. The van der Waals surface area contributed by atoms with Crippen LogP contribution in [0.5, 0.6) is 5.75 Å². The Balaban J connectivity index is 1.39. The van der Waals surface area contributed by atoms with Gasteiger partial charge in [0.25, 0.3) is 0 Å². The summed E-state index contributed by atoms with van der Waals surface area (Å²) in [6.07, 6.45) is 3.46. The minimum atomic E-state index is -0.159. The number of carbonyl (C=O) groups excluding carboxylic acids is 1. The lowest BCUT2D eigenvalue weighted by molar-refractivity contribution is -0.126. The quantitative estimate of drug-likeness (QED) is 0.736. The predicted molar refractivity (Wildman–Crippen MR) is 119 cm³/mol. The van der Waals surface area contributed by atoms with Crippen molar-refractivity contribution < 1.29 is 14.3 Å². The van der Waals surface area contributed by atoms with E-state index in [1.165, 1.54) is 5.56 Å². The number of hydrogen-bond acceptors (Lipinski definition) is 5. The smallest absolute Gasteiger partial charge is 0.237 e. The number of aryl methyl sites for hydroxylation is 2. The largest absolute Gasteiger partial charge is 0.489 e. The van der Waals surface area contributed by atoms with E-state index in [0.29, 0.717) is 19.0 Å². The first-order valence-corrected chi connectivity index (χ1v) is 11.3. The summed E-state index contributed by atoms with van der Waals surface area (Å²) < 4.78 is 13.7. The molecular weight excluding hydrogens is 392 g/mol. The SMILES string of the molecule is Cc1nn(C)c(C)c1CCNC(=O)[C@@H]1C[C@H](Oc2ccccc2)CN1C1CCOCC1. The van der Waals surface area contributed by atoms with Crippen molar-refractivity contribution in [2.45, 2.75) is 57.7 Å². The molecule has 1 aromatic carbocycles. The Morgan fingerprint density at radius 2 is 1.97 bits per heavy atom. The predicted octanol–water partition coefficient (Wildman–Crippen LogP) is 2.40. The highest BCUT2D eigenvalue weighted by Gasteiger charge is 2.41. The van der Waals surface area contributed by atoms with E-state index < -0.39 is 0 Å². The molecular formula is C24H34N4O3. The first-order valence-electron chi connectivity index (χ1n) is 11.3. The number of rotatable bonds is 7. The minimum Gasteiger partial charge on any atom is -0.489 e. The van der Waals surface area contributed by atoms with Gasteiger partial charge in [-0.1, -0.05) is 18.2 Å². The van der Waals surface area contributed by atoms with Gasteiger partial charge < -0.3 is 14.8 Å². The number of ether oxygens (including phenoxy) is 2. The summed E-state index contributed by atoms with van der Waals surface area (Å²) in [6, 6.07) is 10.1. The van der Waals surface area contributed by atoms with Gasteiger partial charge in [0.2, 0.25) is 5.91 Å². The summed E-state index contributed by atoms with van der Waals surface area (Å²) in [4.78, 5) is 15.6. The molecule has 1 aromatic heterocycles. The first-order chi connectivity index (χ1) is 15.0. The van der Waals surface area contributed by atoms with Crippen molar-refractivity contribution >= 4 is 5.91 Å². The Bertz CT molecular complexity index is 876. The molecule has 2 aliphatic heterocycles. The zero-order chi connectivity index (χ0) is 21.8. The van der Waals surface area contributed by atoms with E-state index in [-0.39, 0.29) is 18.1 Å². The lowest BCUT2D eigenvalue weighted by Gasteiger charge is -2.34. The summed E-state index contributed by atoms with van der Waals surface area (Å²) >= 11 is 0. The van der Waals surface area contributed by atoms with Crippen LogP contribution < -0.4 is 10.1 Å². The maximum absolute atomic E-state index is 13.2. The molecule has 2 saturated heterocycles. The zero-order valence-corrected chi connectivity index (χ0v) is 18.8. The van der Waals surface area contributed by atoms with Crippen LogP contribution in [0.2, 0.25) is 0 Å². The number of likely N-dealkylation sites (tertiary alicyclic amines) is 1. The maximum atomic E-state index is 13.2. The average molecular weight is 427 g/mol. The number of benzene rings is 1. The van der Waals surface area contributed by atoms with Crippen molar-refractivity contribution in [2.24, 2.45) is 7.05 Å². The van der Waals surface area contributed by atoms with Gasteiger partial charge in [-0.05, 0) is 50.8 Å². The Hall–Kier alpha value is -2.38. The highest BCUT2D eigenvalue weighted by molar-refractivity contribution is 5.82. The molecule has 7 nitrogen and oxygen atoms in total. The fraction of sp³-hybridized carbons (Fsp3) is 0.583. The monoisotopic (exact) mass is 426 g/mol. The molecule has 2 fully saturated rings. The van der Waals surface area contributed by atoms with Gasteiger partial charge in [-0.3, -0.25) is 14.4 Å². The number of nitrogens with one attached hydrogen (secondary N) is 1.